The summed E-state index contributed by atoms with van der Waals surface area (Å²) in [6.45, 7) is 8.47. The number of nitro benzene ring substituents is 1. The first-order valence-electron chi connectivity index (χ1n) is 11.7. The number of carboxylic acid groups (broad SMARTS) is 2. The largest absolute Gasteiger partial charge is 0.473 e. The van der Waals surface area contributed by atoms with Crippen molar-refractivity contribution < 1.29 is 24.7 Å². The number of carbonyl (C=O) groups is 2. The minimum atomic E-state index is -1.82. The minimum Gasteiger partial charge on any atom is -0.473 e. The van der Waals surface area contributed by atoms with Crippen molar-refractivity contribution in [1.82, 2.24) is 14.7 Å². The Kier molecular flexibility index (Phi) is 9.71. The lowest BCUT2D eigenvalue weighted by molar-refractivity contribution is -0.384. The SMILES string of the molecule is O=C(O)C(=O)O.O=[N+]([O-])c1cccc(CN2CCN(C3CCN(Cc4ccccc4)CC3)CC2)c1. The number of hydrogen-bond acceptors (Lipinski definition) is 7. The van der Waals surface area contributed by atoms with Gasteiger partial charge in [0.1, 0.15) is 0 Å². The summed E-state index contributed by atoms with van der Waals surface area (Å²) in [4.78, 5) is 36.5. The van der Waals surface area contributed by atoms with Gasteiger partial charge in [0.15, 0.2) is 0 Å². The molecule has 2 fully saturated rings. The van der Waals surface area contributed by atoms with Crippen molar-refractivity contribution in [1.29, 1.82) is 0 Å². The maximum Gasteiger partial charge on any atom is 0.414 e. The maximum absolute atomic E-state index is 11.0. The number of nitrogens with zero attached hydrogens (tertiary/aromatic N) is 4. The molecule has 2 heterocycles. The van der Waals surface area contributed by atoms with Crippen molar-refractivity contribution in [3.8, 4) is 0 Å². The molecule has 2 aliphatic rings. The first-order valence-corrected chi connectivity index (χ1v) is 11.7. The molecule has 0 bridgehead atoms. The highest BCUT2D eigenvalue weighted by molar-refractivity contribution is 6.27. The summed E-state index contributed by atoms with van der Waals surface area (Å²) in [5, 5.41) is 25.8. The van der Waals surface area contributed by atoms with E-state index >= 15 is 0 Å². The minimum absolute atomic E-state index is 0.184. The van der Waals surface area contributed by atoms with E-state index in [0.717, 1.165) is 44.8 Å². The first kappa shape index (κ1) is 26.3. The monoisotopic (exact) mass is 484 g/mol. The molecule has 0 atom stereocenters. The molecule has 0 unspecified atom stereocenters. The molecule has 0 aliphatic carbocycles. The fraction of sp³-hybridized carbons (Fsp3) is 0.440. The highest BCUT2D eigenvalue weighted by Crippen LogP contribution is 2.21. The average Bonchev–Trinajstić information content (AvgIpc) is 2.86. The lowest BCUT2D eigenvalue weighted by Gasteiger charge is -2.42. The summed E-state index contributed by atoms with van der Waals surface area (Å²) in [6, 6.07) is 18.5. The van der Waals surface area contributed by atoms with Gasteiger partial charge >= 0.3 is 11.9 Å². The second kappa shape index (κ2) is 12.9. The standard InChI is InChI=1S/C23H30N4O2.C2H2O4/c28-27(29)23-8-4-7-21(17-23)19-25-13-15-26(16-14-25)22-9-11-24(12-10-22)18-20-5-2-1-3-6-20;3-1(4)2(5)6/h1-8,17,22H,9-16,18-19H2;(H,3,4)(H,5,6). The van der Waals surface area contributed by atoms with Gasteiger partial charge in [-0.3, -0.25) is 24.8 Å². The van der Waals surface area contributed by atoms with Crippen LogP contribution >= 0.6 is 0 Å². The molecule has 2 saturated heterocycles. The van der Waals surface area contributed by atoms with Crippen LogP contribution in [0.1, 0.15) is 24.0 Å². The van der Waals surface area contributed by atoms with Gasteiger partial charge in [0.25, 0.3) is 5.69 Å². The molecular weight excluding hydrogens is 452 g/mol. The number of piperidine rings is 1. The van der Waals surface area contributed by atoms with Crippen LogP contribution in [0.25, 0.3) is 0 Å². The molecule has 2 N–H and O–H groups in total. The molecule has 4 rings (SSSR count). The second-order valence-electron chi connectivity index (χ2n) is 8.84. The zero-order chi connectivity index (χ0) is 25.2. The van der Waals surface area contributed by atoms with Crippen LogP contribution in [0.15, 0.2) is 54.6 Å². The summed E-state index contributed by atoms with van der Waals surface area (Å²) in [6.07, 6.45) is 2.50. The Bertz CT molecular complexity index is 974. The van der Waals surface area contributed by atoms with E-state index in [1.54, 1.807) is 18.2 Å². The Labute approximate surface area is 204 Å². The average molecular weight is 485 g/mol. The number of rotatable bonds is 6. The molecule has 0 saturated carbocycles. The van der Waals surface area contributed by atoms with Crippen LogP contribution < -0.4 is 0 Å². The summed E-state index contributed by atoms with van der Waals surface area (Å²) in [7, 11) is 0. The van der Waals surface area contributed by atoms with E-state index in [1.165, 1.54) is 31.5 Å². The highest BCUT2D eigenvalue weighted by Gasteiger charge is 2.27. The summed E-state index contributed by atoms with van der Waals surface area (Å²) in [5.74, 6) is -3.65. The predicted molar refractivity (Wildman–Crippen MR) is 130 cm³/mol. The Balaban J connectivity index is 0.000000509. The predicted octanol–water partition coefficient (Wildman–Crippen LogP) is 2.53. The van der Waals surface area contributed by atoms with Gasteiger partial charge < -0.3 is 10.2 Å². The third-order valence-corrected chi connectivity index (χ3v) is 6.44. The molecule has 35 heavy (non-hydrogen) atoms. The van der Waals surface area contributed by atoms with E-state index in [0.29, 0.717) is 6.04 Å². The van der Waals surface area contributed by atoms with Crippen LogP contribution in [0.2, 0.25) is 0 Å². The Morgan fingerprint density at radius 3 is 1.91 bits per heavy atom. The van der Waals surface area contributed by atoms with Gasteiger partial charge in [0, 0.05) is 57.4 Å². The maximum atomic E-state index is 11.0. The second-order valence-corrected chi connectivity index (χ2v) is 8.84. The van der Waals surface area contributed by atoms with E-state index in [1.807, 2.05) is 6.07 Å². The van der Waals surface area contributed by atoms with E-state index in [4.69, 9.17) is 19.8 Å². The smallest absolute Gasteiger partial charge is 0.414 e. The molecule has 0 spiro atoms. The topological polar surface area (TPSA) is 127 Å². The normalized spacial score (nSPS) is 17.8. The fourth-order valence-corrected chi connectivity index (χ4v) is 4.60. The first-order chi connectivity index (χ1) is 16.8. The molecule has 10 nitrogen and oxygen atoms in total. The Hall–Kier alpha value is -3.34. The number of non-ortho nitro benzene ring substituents is 1. The molecular formula is C25H32N4O6. The van der Waals surface area contributed by atoms with Crippen molar-refractivity contribution in [3.05, 3.63) is 75.8 Å². The van der Waals surface area contributed by atoms with Crippen LogP contribution in [0.3, 0.4) is 0 Å². The van der Waals surface area contributed by atoms with Gasteiger partial charge in [-0.1, -0.05) is 42.5 Å². The zero-order valence-electron chi connectivity index (χ0n) is 19.7. The number of likely N-dealkylation sites (tertiary alicyclic amines) is 1. The van der Waals surface area contributed by atoms with Gasteiger partial charge in [-0.15, -0.1) is 0 Å². The number of nitro groups is 1. The van der Waals surface area contributed by atoms with Crippen LogP contribution in [0.5, 0.6) is 0 Å². The van der Waals surface area contributed by atoms with Crippen molar-refractivity contribution >= 4 is 17.6 Å². The molecule has 0 amide bonds. The molecule has 0 aromatic heterocycles. The molecule has 10 heteroatoms. The molecule has 188 valence electrons. The summed E-state index contributed by atoms with van der Waals surface area (Å²) in [5.41, 5.74) is 2.62. The number of carboxylic acids is 2. The van der Waals surface area contributed by atoms with Crippen LogP contribution in [-0.2, 0) is 22.7 Å². The van der Waals surface area contributed by atoms with Crippen LogP contribution in [0.4, 0.5) is 5.69 Å². The fourth-order valence-electron chi connectivity index (χ4n) is 4.60. The van der Waals surface area contributed by atoms with E-state index in [-0.39, 0.29) is 10.6 Å². The molecule has 2 aromatic carbocycles. The number of benzene rings is 2. The molecule has 0 radical (unpaired) electrons. The van der Waals surface area contributed by atoms with Gasteiger partial charge in [-0.2, -0.15) is 0 Å². The van der Waals surface area contributed by atoms with Crippen LogP contribution in [0, 0.1) is 10.1 Å². The van der Waals surface area contributed by atoms with Crippen molar-refractivity contribution in [2.24, 2.45) is 0 Å². The van der Waals surface area contributed by atoms with Crippen molar-refractivity contribution in [2.75, 3.05) is 39.3 Å². The number of aliphatic carboxylic acids is 2. The van der Waals surface area contributed by atoms with Crippen LogP contribution in [-0.4, -0.2) is 87.1 Å². The van der Waals surface area contributed by atoms with E-state index < -0.39 is 11.9 Å². The Morgan fingerprint density at radius 2 is 1.34 bits per heavy atom. The lowest BCUT2D eigenvalue weighted by atomic mass is 10.0. The lowest BCUT2D eigenvalue weighted by Crippen LogP contribution is -2.52. The number of hydrogen-bond donors (Lipinski definition) is 2. The van der Waals surface area contributed by atoms with Gasteiger partial charge in [-0.25, -0.2) is 9.59 Å². The van der Waals surface area contributed by atoms with Gasteiger partial charge in [0.05, 0.1) is 4.92 Å². The number of piperazine rings is 1. The molecule has 2 aliphatic heterocycles. The van der Waals surface area contributed by atoms with Gasteiger partial charge in [-0.05, 0) is 37.1 Å². The summed E-state index contributed by atoms with van der Waals surface area (Å²) < 4.78 is 0. The highest BCUT2D eigenvalue weighted by atomic mass is 16.6. The van der Waals surface area contributed by atoms with Crippen molar-refractivity contribution in [3.63, 3.8) is 0 Å². The Morgan fingerprint density at radius 1 is 0.800 bits per heavy atom. The third kappa shape index (κ3) is 8.43. The third-order valence-electron chi connectivity index (χ3n) is 6.44. The van der Waals surface area contributed by atoms with E-state index in [9.17, 15) is 10.1 Å². The van der Waals surface area contributed by atoms with Gasteiger partial charge in [0.2, 0.25) is 0 Å². The summed E-state index contributed by atoms with van der Waals surface area (Å²) >= 11 is 0. The van der Waals surface area contributed by atoms with E-state index in [2.05, 4.69) is 45.0 Å². The quantitative estimate of drug-likeness (QED) is 0.361. The molecule has 2 aromatic rings. The zero-order valence-corrected chi connectivity index (χ0v) is 19.7. The van der Waals surface area contributed by atoms with Crippen molar-refractivity contribution in [2.45, 2.75) is 32.0 Å².